The summed E-state index contributed by atoms with van der Waals surface area (Å²) in [6.07, 6.45) is -1.72. The number of amides is 2. The van der Waals surface area contributed by atoms with Gasteiger partial charge in [0, 0.05) is 49.3 Å². The third-order valence-corrected chi connectivity index (χ3v) is 10.1. The number of carbonyl (C=O) groups excluding carboxylic acids is 2. The average Bonchev–Trinajstić information content (AvgIpc) is 3.70. The number of likely N-dealkylation sites (N-methyl/N-ethyl adjacent to an activating group) is 1. The Hall–Kier alpha value is -4.07. The van der Waals surface area contributed by atoms with Crippen molar-refractivity contribution in [2.75, 3.05) is 46.0 Å². The van der Waals surface area contributed by atoms with Crippen LogP contribution in [0.2, 0.25) is 5.02 Å². The van der Waals surface area contributed by atoms with Gasteiger partial charge in [-0.05, 0) is 36.4 Å². The van der Waals surface area contributed by atoms with Gasteiger partial charge in [0.25, 0.3) is 15.9 Å². The molecule has 6 rings (SSSR count). The van der Waals surface area contributed by atoms with Crippen LogP contribution in [0.5, 0.6) is 23.0 Å². The molecule has 0 saturated carbocycles. The first kappa shape index (κ1) is 30.0. The van der Waals surface area contributed by atoms with Crippen molar-refractivity contribution in [2.45, 2.75) is 29.1 Å². The highest BCUT2D eigenvalue weighted by Crippen LogP contribution is 2.57. The first-order chi connectivity index (χ1) is 21.0. The molecule has 0 aromatic heterocycles. The predicted octanol–water partition coefficient (Wildman–Crippen LogP) is 3.57. The van der Waals surface area contributed by atoms with Gasteiger partial charge in [-0.2, -0.15) is 0 Å². The molecule has 14 heteroatoms. The summed E-state index contributed by atoms with van der Waals surface area (Å²) in [6, 6.07) is 12.1. The third-order valence-electron chi connectivity index (χ3n) is 8.14. The molecule has 11 nitrogen and oxygen atoms in total. The number of alkyl halides is 1. The molecule has 1 fully saturated rings. The second-order valence-corrected chi connectivity index (χ2v) is 12.9. The first-order valence-corrected chi connectivity index (χ1v) is 15.4. The highest BCUT2D eigenvalue weighted by atomic mass is 35.5. The molecular weight excluding hydrogens is 617 g/mol. The minimum Gasteiger partial charge on any atom is -0.497 e. The molecular formula is C30H29ClFN3O8S. The number of hydrogen-bond acceptors (Lipinski definition) is 9. The molecule has 0 bridgehead atoms. The molecule has 0 spiro atoms. The molecule has 0 N–H and O–H groups in total. The van der Waals surface area contributed by atoms with Crippen LogP contribution in [-0.4, -0.2) is 83.9 Å². The number of anilines is 1. The average molecular weight is 646 g/mol. The Labute approximate surface area is 258 Å². The van der Waals surface area contributed by atoms with Gasteiger partial charge in [0.05, 0.1) is 25.9 Å². The molecule has 3 aromatic rings. The van der Waals surface area contributed by atoms with Crippen LogP contribution < -0.4 is 23.3 Å². The van der Waals surface area contributed by atoms with Crippen LogP contribution in [0.25, 0.3) is 0 Å². The van der Waals surface area contributed by atoms with E-state index in [1.807, 2.05) is 0 Å². The van der Waals surface area contributed by atoms with E-state index >= 15 is 9.18 Å². The van der Waals surface area contributed by atoms with Crippen molar-refractivity contribution in [1.29, 1.82) is 0 Å². The SMILES string of the molecule is COc1ccc(S(=O)(=O)N2C(=O)C(c3cccc4c3OCO4)(N3C[C@H](F)C[C@H]3C(=O)N(C)C)c3cc(Cl)ccc32)c(OC)c1. The van der Waals surface area contributed by atoms with Crippen molar-refractivity contribution in [1.82, 2.24) is 9.80 Å². The smallest absolute Gasteiger partial charge is 0.274 e. The number of ether oxygens (including phenoxy) is 4. The second kappa shape index (κ2) is 10.8. The maximum atomic E-state index is 15.4. The van der Waals surface area contributed by atoms with Crippen LogP contribution in [0.3, 0.4) is 0 Å². The summed E-state index contributed by atoms with van der Waals surface area (Å²) in [5, 5.41) is 0.193. The highest BCUT2D eigenvalue weighted by Gasteiger charge is 2.64. The lowest BCUT2D eigenvalue weighted by molar-refractivity contribution is -0.138. The summed E-state index contributed by atoms with van der Waals surface area (Å²) < 4.78 is 67.3. The number of halogens is 2. The molecule has 232 valence electrons. The summed E-state index contributed by atoms with van der Waals surface area (Å²) in [6.45, 7) is -0.512. The quantitative estimate of drug-likeness (QED) is 0.380. The molecule has 3 aromatic carbocycles. The predicted molar refractivity (Wildman–Crippen MR) is 158 cm³/mol. The fourth-order valence-electron chi connectivity index (χ4n) is 6.27. The van der Waals surface area contributed by atoms with Gasteiger partial charge in [-0.25, -0.2) is 17.1 Å². The van der Waals surface area contributed by atoms with E-state index in [2.05, 4.69) is 0 Å². The van der Waals surface area contributed by atoms with Gasteiger partial charge in [0.2, 0.25) is 12.7 Å². The maximum absolute atomic E-state index is 15.4. The van der Waals surface area contributed by atoms with E-state index in [1.165, 1.54) is 74.5 Å². The summed E-state index contributed by atoms with van der Waals surface area (Å²) in [7, 11) is 1.08. The van der Waals surface area contributed by atoms with Crippen LogP contribution in [0, 0.1) is 0 Å². The number of rotatable bonds is 7. The van der Waals surface area contributed by atoms with Gasteiger partial charge >= 0.3 is 0 Å². The normalized spacial score (nSPS) is 22.7. The Morgan fingerprint density at radius 3 is 2.55 bits per heavy atom. The number of fused-ring (bicyclic) bond motifs is 2. The molecule has 1 saturated heterocycles. The van der Waals surface area contributed by atoms with E-state index < -0.39 is 39.6 Å². The first-order valence-electron chi connectivity index (χ1n) is 13.6. The fraction of sp³-hybridized carbons (Fsp3) is 0.333. The topological polar surface area (TPSA) is 115 Å². The zero-order chi connectivity index (χ0) is 31.6. The van der Waals surface area contributed by atoms with Gasteiger partial charge in [-0.15, -0.1) is 0 Å². The molecule has 3 aliphatic heterocycles. The van der Waals surface area contributed by atoms with E-state index in [0.29, 0.717) is 15.8 Å². The standard InChI is InChI=1S/C30H29ClFN3O8S/c1-33(2)28(36)23-13-18(32)15-34(23)30(20-6-5-7-24-27(20)43-16-42-24)21-12-17(31)8-10-22(21)35(29(30)37)44(38,39)26-11-9-19(40-3)14-25(26)41-4/h5-12,14,18,23H,13,15-16H2,1-4H3/t18-,23+,30?/m1/s1. The Balaban J connectivity index is 1.68. The maximum Gasteiger partial charge on any atom is 0.274 e. The van der Waals surface area contributed by atoms with Gasteiger partial charge in [0.15, 0.2) is 17.0 Å². The number of sulfonamides is 1. The molecule has 2 amide bonds. The van der Waals surface area contributed by atoms with Crippen molar-refractivity contribution in [3.8, 4) is 23.0 Å². The van der Waals surface area contributed by atoms with E-state index in [0.717, 1.165) is 0 Å². The largest absolute Gasteiger partial charge is 0.497 e. The summed E-state index contributed by atoms with van der Waals surface area (Å²) in [5.41, 5.74) is -1.76. The summed E-state index contributed by atoms with van der Waals surface area (Å²) >= 11 is 6.51. The van der Waals surface area contributed by atoms with Gasteiger partial charge in [-0.1, -0.05) is 23.7 Å². The van der Waals surface area contributed by atoms with Gasteiger partial charge in [-0.3, -0.25) is 14.5 Å². The van der Waals surface area contributed by atoms with Crippen molar-refractivity contribution in [2.24, 2.45) is 0 Å². The Kier molecular flexibility index (Phi) is 7.38. The highest BCUT2D eigenvalue weighted by molar-refractivity contribution is 7.93. The van der Waals surface area contributed by atoms with Crippen molar-refractivity contribution in [3.63, 3.8) is 0 Å². The number of nitrogens with zero attached hydrogens (tertiary/aromatic N) is 3. The van der Waals surface area contributed by atoms with Crippen molar-refractivity contribution in [3.05, 3.63) is 70.7 Å². The third kappa shape index (κ3) is 4.28. The van der Waals surface area contributed by atoms with E-state index in [1.54, 1.807) is 18.2 Å². The van der Waals surface area contributed by atoms with Crippen LogP contribution in [0.1, 0.15) is 17.5 Å². The van der Waals surface area contributed by atoms with E-state index in [-0.39, 0.29) is 58.0 Å². The minimum absolute atomic E-state index is 0.0212. The van der Waals surface area contributed by atoms with E-state index in [4.69, 9.17) is 30.5 Å². The number of carbonyl (C=O) groups is 2. The lowest BCUT2D eigenvalue weighted by atomic mass is 9.80. The van der Waals surface area contributed by atoms with Crippen molar-refractivity contribution < 1.29 is 41.3 Å². The lowest BCUT2D eigenvalue weighted by Crippen LogP contribution is -2.59. The summed E-state index contributed by atoms with van der Waals surface area (Å²) in [4.78, 5) is 31.2. The number of methoxy groups -OCH3 is 2. The molecule has 0 radical (unpaired) electrons. The van der Waals surface area contributed by atoms with Gasteiger partial charge in [0.1, 0.15) is 22.6 Å². The van der Waals surface area contributed by atoms with Crippen LogP contribution in [-0.2, 0) is 25.2 Å². The van der Waals surface area contributed by atoms with Crippen LogP contribution >= 0.6 is 11.6 Å². The fourth-order valence-corrected chi connectivity index (χ4v) is 8.04. The Morgan fingerprint density at radius 1 is 1.07 bits per heavy atom. The minimum atomic E-state index is -4.70. The Bertz CT molecular complexity index is 1790. The molecule has 3 atom stereocenters. The zero-order valence-electron chi connectivity index (χ0n) is 24.2. The van der Waals surface area contributed by atoms with Crippen LogP contribution in [0.4, 0.5) is 10.1 Å². The monoisotopic (exact) mass is 645 g/mol. The number of hydrogen-bond donors (Lipinski definition) is 0. The molecule has 1 unspecified atom stereocenters. The zero-order valence-corrected chi connectivity index (χ0v) is 25.8. The van der Waals surface area contributed by atoms with E-state index in [9.17, 15) is 13.2 Å². The Morgan fingerprint density at radius 2 is 1.84 bits per heavy atom. The second-order valence-electron chi connectivity index (χ2n) is 10.7. The summed E-state index contributed by atoms with van der Waals surface area (Å²) in [5.74, 6) is -0.670. The molecule has 3 aliphatic rings. The number of para-hydroxylation sites is 1. The molecule has 3 heterocycles. The number of benzene rings is 3. The lowest BCUT2D eigenvalue weighted by Gasteiger charge is -2.41. The van der Waals surface area contributed by atoms with Crippen molar-refractivity contribution >= 4 is 39.1 Å². The van der Waals surface area contributed by atoms with Gasteiger partial charge < -0.3 is 23.8 Å². The van der Waals surface area contributed by atoms with Crippen LogP contribution in [0.15, 0.2) is 59.5 Å². The molecule has 44 heavy (non-hydrogen) atoms. The number of likely N-dealkylation sites (tertiary alicyclic amines) is 1. The molecule has 0 aliphatic carbocycles.